The van der Waals surface area contributed by atoms with Crippen LogP contribution in [-0.2, 0) is 24.2 Å². The van der Waals surface area contributed by atoms with Crippen LogP contribution in [-0.4, -0.2) is 10.8 Å². The Morgan fingerprint density at radius 2 is 1.83 bits per heavy atom. The van der Waals surface area contributed by atoms with E-state index in [2.05, 4.69) is 35.3 Å². The molecule has 0 unspecified atom stereocenters. The highest BCUT2D eigenvalue weighted by atomic mass is 16.7. The van der Waals surface area contributed by atoms with Gasteiger partial charge in [-0.25, -0.2) is 0 Å². The van der Waals surface area contributed by atoms with Gasteiger partial charge in [0.25, 0.3) is 0 Å². The first-order chi connectivity index (χ1) is 11.1. The normalized spacial score (nSPS) is 15.8. The molecule has 0 fully saturated rings. The molecule has 0 saturated heterocycles. The van der Waals surface area contributed by atoms with Crippen LogP contribution in [0.4, 0.5) is 0 Å². The number of hydrogen-bond acceptors (Lipinski definition) is 3. The standard InChI is InChI=1S/C20H25NO2/c1-15-19-18(14-22-20(2,3)23-19)17(13-21-15)12-8-7-11-16-9-5-4-6-10-16/h4-6,9-10,13H,7-8,11-12,14H2,1-3H3. The molecular formula is C20H25NO2. The Bertz CT molecular complexity index is 665. The first-order valence-corrected chi connectivity index (χ1v) is 8.39. The third-order valence-corrected chi connectivity index (χ3v) is 4.32. The third-order valence-electron chi connectivity index (χ3n) is 4.32. The number of aryl methyl sites for hydroxylation is 3. The maximum atomic E-state index is 5.98. The van der Waals surface area contributed by atoms with Crippen LogP contribution in [0.15, 0.2) is 36.5 Å². The number of benzene rings is 1. The molecule has 3 nitrogen and oxygen atoms in total. The summed E-state index contributed by atoms with van der Waals surface area (Å²) < 4.78 is 11.8. The molecule has 2 heterocycles. The van der Waals surface area contributed by atoms with Gasteiger partial charge in [0, 0.05) is 25.6 Å². The van der Waals surface area contributed by atoms with Crippen molar-refractivity contribution in [3.05, 3.63) is 58.9 Å². The average Bonchev–Trinajstić information content (AvgIpc) is 2.54. The smallest absolute Gasteiger partial charge is 0.205 e. The van der Waals surface area contributed by atoms with Gasteiger partial charge in [-0.1, -0.05) is 30.3 Å². The van der Waals surface area contributed by atoms with E-state index in [1.165, 1.54) is 23.1 Å². The molecular weight excluding hydrogens is 286 g/mol. The summed E-state index contributed by atoms with van der Waals surface area (Å²) in [5.74, 6) is 0.354. The molecule has 0 N–H and O–H groups in total. The van der Waals surface area contributed by atoms with E-state index in [1.807, 2.05) is 27.0 Å². The molecule has 0 amide bonds. The van der Waals surface area contributed by atoms with Gasteiger partial charge in [-0.05, 0) is 43.7 Å². The second-order valence-corrected chi connectivity index (χ2v) is 6.66. The van der Waals surface area contributed by atoms with E-state index in [1.54, 1.807) is 0 Å². The molecule has 1 aliphatic rings. The number of unbranched alkanes of at least 4 members (excludes halogenated alkanes) is 1. The summed E-state index contributed by atoms with van der Waals surface area (Å²) in [6.07, 6.45) is 6.47. The first kappa shape index (κ1) is 16.0. The molecule has 0 aliphatic carbocycles. The zero-order valence-electron chi connectivity index (χ0n) is 14.3. The Morgan fingerprint density at radius 1 is 1.09 bits per heavy atom. The van der Waals surface area contributed by atoms with E-state index in [4.69, 9.17) is 9.47 Å². The van der Waals surface area contributed by atoms with Crippen LogP contribution < -0.4 is 4.74 Å². The average molecular weight is 311 g/mol. The quantitative estimate of drug-likeness (QED) is 0.756. The van der Waals surface area contributed by atoms with Crippen LogP contribution in [0, 0.1) is 6.92 Å². The summed E-state index contributed by atoms with van der Waals surface area (Å²) in [6.45, 7) is 6.50. The number of fused-ring (bicyclic) bond motifs is 1. The highest BCUT2D eigenvalue weighted by Gasteiger charge is 2.30. The van der Waals surface area contributed by atoms with Gasteiger partial charge in [-0.2, -0.15) is 0 Å². The van der Waals surface area contributed by atoms with Crippen molar-refractivity contribution in [1.82, 2.24) is 4.98 Å². The van der Waals surface area contributed by atoms with Gasteiger partial charge < -0.3 is 9.47 Å². The minimum atomic E-state index is -0.564. The van der Waals surface area contributed by atoms with Crippen LogP contribution in [0.1, 0.15) is 49.1 Å². The van der Waals surface area contributed by atoms with Crippen molar-refractivity contribution < 1.29 is 9.47 Å². The number of aromatic nitrogens is 1. The highest BCUT2D eigenvalue weighted by molar-refractivity contribution is 5.42. The lowest BCUT2D eigenvalue weighted by Gasteiger charge is -2.34. The van der Waals surface area contributed by atoms with Crippen molar-refractivity contribution >= 4 is 0 Å². The molecule has 0 bridgehead atoms. The van der Waals surface area contributed by atoms with Crippen molar-refractivity contribution in [3.8, 4) is 5.75 Å². The van der Waals surface area contributed by atoms with Gasteiger partial charge in [0.2, 0.25) is 5.79 Å². The van der Waals surface area contributed by atoms with Gasteiger partial charge in [0.05, 0.1) is 12.3 Å². The van der Waals surface area contributed by atoms with Crippen LogP contribution in [0.5, 0.6) is 5.75 Å². The summed E-state index contributed by atoms with van der Waals surface area (Å²) in [7, 11) is 0. The second-order valence-electron chi connectivity index (χ2n) is 6.66. The van der Waals surface area contributed by atoms with Crippen molar-refractivity contribution in [2.45, 2.75) is 58.8 Å². The maximum Gasteiger partial charge on any atom is 0.205 e. The van der Waals surface area contributed by atoms with Gasteiger partial charge in [0.15, 0.2) is 0 Å². The number of ether oxygens (including phenoxy) is 2. The fraction of sp³-hybridized carbons (Fsp3) is 0.450. The minimum absolute atomic E-state index is 0.564. The first-order valence-electron chi connectivity index (χ1n) is 8.39. The van der Waals surface area contributed by atoms with Gasteiger partial charge in [0.1, 0.15) is 5.75 Å². The predicted octanol–water partition coefficient (Wildman–Crippen LogP) is 4.60. The predicted molar refractivity (Wildman–Crippen MR) is 91.6 cm³/mol. The van der Waals surface area contributed by atoms with Crippen molar-refractivity contribution in [1.29, 1.82) is 0 Å². The van der Waals surface area contributed by atoms with Gasteiger partial charge >= 0.3 is 0 Å². The molecule has 0 radical (unpaired) electrons. The van der Waals surface area contributed by atoms with Crippen LogP contribution >= 0.6 is 0 Å². The summed E-state index contributed by atoms with van der Waals surface area (Å²) in [4.78, 5) is 4.51. The topological polar surface area (TPSA) is 31.4 Å². The third kappa shape index (κ3) is 3.91. The summed E-state index contributed by atoms with van der Waals surface area (Å²) in [5, 5.41) is 0. The molecule has 1 aromatic carbocycles. The molecule has 0 spiro atoms. The molecule has 3 rings (SSSR count). The number of rotatable bonds is 5. The molecule has 0 saturated carbocycles. The van der Waals surface area contributed by atoms with E-state index in [-0.39, 0.29) is 0 Å². The number of hydrogen-bond donors (Lipinski definition) is 0. The van der Waals surface area contributed by atoms with E-state index < -0.39 is 5.79 Å². The molecule has 2 aromatic rings. The Hall–Kier alpha value is -1.87. The fourth-order valence-corrected chi connectivity index (χ4v) is 3.00. The molecule has 23 heavy (non-hydrogen) atoms. The lowest BCUT2D eigenvalue weighted by molar-refractivity contribution is -0.180. The van der Waals surface area contributed by atoms with Crippen LogP contribution in [0.3, 0.4) is 0 Å². The van der Waals surface area contributed by atoms with Crippen LogP contribution in [0.25, 0.3) is 0 Å². The summed E-state index contributed by atoms with van der Waals surface area (Å²) >= 11 is 0. The second kappa shape index (κ2) is 6.71. The van der Waals surface area contributed by atoms with E-state index in [9.17, 15) is 0 Å². The lowest BCUT2D eigenvalue weighted by atomic mass is 10.00. The van der Waals surface area contributed by atoms with Gasteiger partial charge in [-0.15, -0.1) is 0 Å². The molecule has 1 aromatic heterocycles. The Balaban J connectivity index is 1.63. The number of pyridine rings is 1. The SMILES string of the molecule is Cc1ncc(CCCCc2ccccc2)c2c1OC(C)(C)OC2. The lowest BCUT2D eigenvalue weighted by Crippen LogP contribution is -2.36. The monoisotopic (exact) mass is 311 g/mol. The van der Waals surface area contributed by atoms with Crippen molar-refractivity contribution in [2.75, 3.05) is 0 Å². The van der Waals surface area contributed by atoms with Crippen molar-refractivity contribution in [3.63, 3.8) is 0 Å². The van der Waals surface area contributed by atoms with E-state index in [0.29, 0.717) is 6.61 Å². The number of nitrogens with zero attached hydrogens (tertiary/aromatic N) is 1. The molecule has 1 aliphatic heterocycles. The maximum absolute atomic E-state index is 5.98. The molecule has 3 heteroatoms. The Morgan fingerprint density at radius 3 is 2.61 bits per heavy atom. The zero-order valence-corrected chi connectivity index (χ0v) is 14.3. The highest BCUT2D eigenvalue weighted by Crippen LogP contribution is 2.35. The van der Waals surface area contributed by atoms with Crippen LogP contribution in [0.2, 0.25) is 0 Å². The van der Waals surface area contributed by atoms with E-state index in [0.717, 1.165) is 30.7 Å². The zero-order chi connectivity index (χ0) is 16.3. The summed E-state index contributed by atoms with van der Waals surface area (Å²) in [5.41, 5.74) is 4.79. The largest absolute Gasteiger partial charge is 0.461 e. The fourth-order valence-electron chi connectivity index (χ4n) is 3.00. The van der Waals surface area contributed by atoms with Gasteiger partial charge in [-0.3, -0.25) is 4.98 Å². The summed E-state index contributed by atoms with van der Waals surface area (Å²) in [6, 6.07) is 10.7. The molecule has 0 atom stereocenters. The Kier molecular flexibility index (Phi) is 4.67. The molecule has 122 valence electrons. The minimum Gasteiger partial charge on any atom is -0.461 e. The Labute approximate surface area is 138 Å². The van der Waals surface area contributed by atoms with Crippen molar-refractivity contribution in [2.24, 2.45) is 0 Å². The van der Waals surface area contributed by atoms with E-state index >= 15 is 0 Å².